The molecule has 0 unspecified atom stereocenters. The van der Waals surface area contributed by atoms with Crippen molar-refractivity contribution < 1.29 is 13.9 Å². The van der Waals surface area contributed by atoms with Crippen LogP contribution in [0.3, 0.4) is 0 Å². The van der Waals surface area contributed by atoms with Crippen molar-refractivity contribution in [1.29, 1.82) is 5.26 Å². The second kappa shape index (κ2) is 8.43. The van der Waals surface area contributed by atoms with E-state index in [1.165, 1.54) is 0 Å². The third-order valence-corrected chi connectivity index (χ3v) is 0.903. The molecule has 0 heterocycles. The van der Waals surface area contributed by atoms with Crippen LogP contribution in [-0.4, -0.2) is 0 Å². The second-order valence-electron chi connectivity index (χ2n) is 1.52. The Labute approximate surface area is 87.4 Å². The van der Waals surface area contributed by atoms with Gasteiger partial charge in [-0.2, -0.15) is 5.26 Å². The summed E-state index contributed by atoms with van der Waals surface area (Å²) in [5.74, 6) is 0. The van der Waals surface area contributed by atoms with Crippen molar-refractivity contribution in [3.05, 3.63) is 35.9 Å². The average molecular weight is 369 g/mol. The zero-order valence-corrected chi connectivity index (χ0v) is 10.1. The van der Waals surface area contributed by atoms with Gasteiger partial charge in [0.25, 0.3) is 0 Å². The molecule has 0 fully saturated rings. The summed E-state index contributed by atoms with van der Waals surface area (Å²) in [4.78, 5) is 0. The third-order valence-electron chi connectivity index (χ3n) is 0.903. The van der Waals surface area contributed by atoms with Gasteiger partial charge in [-0.15, -0.1) is 0 Å². The van der Waals surface area contributed by atoms with Gasteiger partial charge in [-0.3, -0.25) is 0 Å². The zero-order valence-electron chi connectivity index (χ0n) is 5.41. The number of rotatable bonds is 0. The number of hydrogen-bond donors (Lipinski definition) is 0. The van der Waals surface area contributed by atoms with Crippen molar-refractivity contribution in [2.45, 2.75) is 0 Å². The first-order chi connectivity index (χ1) is 5.35. The Morgan fingerprint density at radius 3 is 1.91 bits per heavy atom. The van der Waals surface area contributed by atoms with Crippen molar-refractivity contribution in [3.8, 4) is 6.07 Å². The molecule has 1 aromatic rings. The van der Waals surface area contributed by atoms with Crippen LogP contribution in [0.5, 0.6) is 0 Å². The van der Waals surface area contributed by atoms with Crippen LogP contribution in [0.1, 0.15) is 5.56 Å². The molecule has 0 saturated carbocycles. The van der Waals surface area contributed by atoms with E-state index < -0.39 is 0 Å². The summed E-state index contributed by atoms with van der Waals surface area (Å²) < 4.78 is 0. The minimum atomic E-state index is 0.575. The van der Waals surface area contributed by atoms with Crippen molar-refractivity contribution >= 4 is 26.9 Å². The maximum absolute atomic E-state index is 8.29. The molecule has 0 amide bonds. The minimum absolute atomic E-state index is 0.575. The first kappa shape index (κ1) is 11.3. The predicted octanol–water partition coefficient (Wildman–Crippen LogP) is 3.25. The van der Waals surface area contributed by atoms with E-state index in [4.69, 9.17) is 5.26 Å². The molecule has 0 spiro atoms. The molecule has 62 valence electrons. The normalized spacial score (nSPS) is 7.73. The van der Waals surface area contributed by atoms with Crippen LogP contribution in [-0.2, 0) is 13.9 Å². The van der Waals surface area contributed by atoms with E-state index in [0.717, 1.165) is 0 Å². The molecule has 0 bridgehead atoms. The molecule has 4 heteroatoms. The molecular weight excluding hydrogens is 364 g/mol. The molecule has 0 aliphatic heterocycles. The van der Waals surface area contributed by atoms with Crippen LogP contribution >= 0.6 is 26.9 Å². The summed E-state index contributed by atoms with van der Waals surface area (Å²) in [6, 6.07) is 11.2. The topological polar surface area (TPSA) is 23.8 Å². The van der Waals surface area contributed by atoms with E-state index in [9.17, 15) is 0 Å². The number of nitriles is 1. The van der Waals surface area contributed by atoms with E-state index in [1.807, 2.05) is 24.3 Å². The number of hydrogen-bond acceptors (Lipinski definition) is 1. The Hall–Kier alpha value is 0.332. The quantitative estimate of drug-likeness (QED) is 0.644. The Balaban J connectivity index is 0.000000292. The molecule has 0 N–H and O–H groups in total. The maximum atomic E-state index is 8.29. The van der Waals surface area contributed by atoms with Crippen LogP contribution in [0, 0.1) is 11.3 Å². The molecular formula is C7H5Br2NPd. The standard InChI is InChI=1S/C7H5N.2BrH.Pd/c8-6-7-4-2-1-3-5-7;;;/h1-5H;2*1H;/q;;;+2/p-2. The summed E-state index contributed by atoms with van der Waals surface area (Å²) >= 11 is 6.80. The molecule has 1 rings (SSSR count). The zero-order chi connectivity index (χ0) is 8.53. The molecule has 1 aromatic carbocycles. The molecule has 11 heavy (non-hydrogen) atoms. The molecule has 0 aromatic heterocycles. The second-order valence-corrected chi connectivity index (χ2v) is 8.69. The van der Waals surface area contributed by atoms with Gasteiger partial charge in [0.2, 0.25) is 0 Å². The number of nitrogens with zero attached hydrogens (tertiary/aromatic N) is 1. The fourth-order valence-corrected chi connectivity index (χ4v) is 0.513. The van der Waals surface area contributed by atoms with Crippen LogP contribution in [0.4, 0.5) is 0 Å². The van der Waals surface area contributed by atoms with Crippen molar-refractivity contribution in [2.24, 2.45) is 0 Å². The number of halogens is 2. The third kappa shape index (κ3) is 6.72. The van der Waals surface area contributed by atoms with Gasteiger partial charge in [-0.1, -0.05) is 18.2 Å². The monoisotopic (exact) mass is 367 g/mol. The van der Waals surface area contributed by atoms with Gasteiger partial charge in [0.15, 0.2) is 0 Å². The van der Waals surface area contributed by atoms with E-state index >= 15 is 0 Å². The van der Waals surface area contributed by atoms with Crippen molar-refractivity contribution in [1.82, 2.24) is 0 Å². The summed E-state index contributed by atoms with van der Waals surface area (Å²) in [6.07, 6.45) is 0. The van der Waals surface area contributed by atoms with Gasteiger partial charge in [0.05, 0.1) is 11.6 Å². The molecule has 0 radical (unpaired) electrons. The summed E-state index contributed by atoms with van der Waals surface area (Å²) in [7, 11) is 0. The predicted molar refractivity (Wildman–Crippen MR) is 49.0 cm³/mol. The van der Waals surface area contributed by atoms with E-state index in [2.05, 4.69) is 26.9 Å². The fraction of sp³-hybridized carbons (Fsp3) is 0. The Morgan fingerprint density at radius 1 is 1.18 bits per heavy atom. The first-order valence-corrected chi connectivity index (χ1v) is 9.73. The Kier molecular flexibility index (Phi) is 8.68. The first-order valence-electron chi connectivity index (χ1n) is 2.62. The summed E-state index contributed by atoms with van der Waals surface area (Å²) in [6.45, 7) is 0. The SMILES string of the molecule is N#Cc1ccccc1.[Br][Pd][Br]. The van der Waals surface area contributed by atoms with E-state index in [1.54, 1.807) is 12.1 Å². The number of benzene rings is 1. The Bertz CT molecular complexity index is 220. The van der Waals surface area contributed by atoms with Gasteiger partial charge in [0.1, 0.15) is 0 Å². The van der Waals surface area contributed by atoms with E-state index in [-0.39, 0.29) is 0 Å². The van der Waals surface area contributed by atoms with Crippen LogP contribution < -0.4 is 0 Å². The van der Waals surface area contributed by atoms with Crippen molar-refractivity contribution in [3.63, 3.8) is 0 Å². The molecule has 1 nitrogen and oxygen atoms in total. The van der Waals surface area contributed by atoms with E-state index in [0.29, 0.717) is 19.5 Å². The molecule has 0 saturated heterocycles. The van der Waals surface area contributed by atoms with Crippen molar-refractivity contribution in [2.75, 3.05) is 0 Å². The molecule has 0 atom stereocenters. The van der Waals surface area contributed by atoms with Crippen LogP contribution in [0.2, 0.25) is 0 Å². The summed E-state index contributed by atoms with van der Waals surface area (Å²) in [5.41, 5.74) is 0.715. The van der Waals surface area contributed by atoms with Crippen LogP contribution in [0.15, 0.2) is 30.3 Å². The average Bonchev–Trinajstić information content (AvgIpc) is 2.08. The van der Waals surface area contributed by atoms with Gasteiger partial charge in [-0.25, -0.2) is 0 Å². The van der Waals surface area contributed by atoms with Gasteiger partial charge >= 0.3 is 40.8 Å². The summed E-state index contributed by atoms with van der Waals surface area (Å²) in [5, 5.41) is 8.29. The molecule has 0 aliphatic rings. The fourth-order valence-electron chi connectivity index (χ4n) is 0.513. The van der Waals surface area contributed by atoms with Gasteiger partial charge < -0.3 is 0 Å². The van der Waals surface area contributed by atoms with Gasteiger partial charge in [0, 0.05) is 0 Å². The van der Waals surface area contributed by atoms with Gasteiger partial charge in [-0.05, 0) is 12.1 Å². The Morgan fingerprint density at radius 2 is 1.64 bits per heavy atom. The molecule has 0 aliphatic carbocycles. The van der Waals surface area contributed by atoms with Crippen LogP contribution in [0.25, 0.3) is 0 Å².